The minimum absolute atomic E-state index is 0.126. The Hall–Kier alpha value is -2.38. The monoisotopic (exact) mass is 430 g/mol. The van der Waals surface area contributed by atoms with Crippen molar-refractivity contribution in [3.05, 3.63) is 59.7 Å². The highest BCUT2D eigenvalue weighted by Crippen LogP contribution is 2.24. The molecule has 6 nitrogen and oxygen atoms in total. The highest BCUT2D eigenvalue weighted by molar-refractivity contribution is 7.89. The molecule has 0 aromatic heterocycles. The molecule has 0 bridgehead atoms. The molecule has 3 rings (SSSR count). The topological polar surface area (TPSA) is 75.7 Å². The van der Waals surface area contributed by atoms with Gasteiger partial charge in [0.15, 0.2) is 0 Å². The van der Waals surface area contributed by atoms with Crippen molar-refractivity contribution in [3.8, 4) is 5.75 Å². The lowest BCUT2D eigenvalue weighted by Crippen LogP contribution is -2.48. The zero-order valence-corrected chi connectivity index (χ0v) is 18.6. The first-order chi connectivity index (χ1) is 14.3. The molecule has 1 aliphatic heterocycles. The first-order valence-corrected chi connectivity index (χ1v) is 11.8. The average molecular weight is 431 g/mol. The van der Waals surface area contributed by atoms with Crippen LogP contribution in [0.3, 0.4) is 0 Å². The molecule has 0 unspecified atom stereocenters. The van der Waals surface area contributed by atoms with Gasteiger partial charge in [0.05, 0.1) is 16.9 Å². The Bertz CT molecular complexity index is 956. The summed E-state index contributed by atoms with van der Waals surface area (Å²) in [5.74, 6) is 0.273. The second-order valence-electron chi connectivity index (χ2n) is 8.05. The molecule has 0 radical (unpaired) electrons. The van der Waals surface area contributed by atoms with Gasteiger partial charge >= 0.3 is 0 Å². The third kappa shape index (κ3) is 5.61. The van der Waals surface area contributed by atoms with Crippen LogP contribution in [0.1, 0.15) is 30.9 Å². The molecule has 1 aliphatic rings. The van der Waals surface area contributed by atoms with Gasteiger partial charge in [-0.2, -0.15) is 4.31 Å². The van der Waals surface area contributed by atoms with Crippen molar-refractivity contribution in [2.24, 2.45) is 5.92 Å². The Labute approximate surface area is 179 Å². The van der Waals surface area contributed by atoms with Crippen molar-refractivity contribution in [1.82, 2.24) is 9.62 Å². The molecule has 2 aromatic carbocycles. The summed E-state index contributed by atoms with van der Waals surface area (Å²) in [5, 5.41) is 2.97. The molecule has 0 saturated carbocycles. The number of sulfonamides is 1. The summed E-state index contributed by atoms with van der Waals surface area (Å²) in [6, 6.07) is 14.4. The second kappa shape index (κ2) is 9.62. The fraction of sp³-hybridized carbons (Fsp3) is 0.435. The van der Waals surface area contributed by atoms with Crippen LogP contribution in [0.5, 0.6) is 5.75 Å². The Kier molecular flexibility index (Phi) is 7.15. The van der Waals surface area contributed by atoms with Crippen molar-refractivity contribution >= 4 is 15.9 Å². The third-order valence-corrected chi connectivity index (χ3v) is 7.20. The quantitative estimate of drug-likeness (QED) is 0.731. The van der Waals surface area contributed by atoms with Crippen molar-refractivity contribution < 1.29 is 17.9 Å². The molecule has 1 amide bonds. The van der Waals surface area contributed by atoms with Crippen molar-refractivity contribution in [2.45, 2.75) is 44.6 Å². The number of carbonyl (C=O) groups excluding carboxylic acids is 1. The Balaban J connectivity index is 1.55. The van der Waals surface area contributed by atoms with Gasteiger partial charge in [-0.3, -0.25) is 4.79 Å². The van der Waals surface area contributed by atoms with Gasteiger partial charge in [0, 0.05) is 13.1 Å². The van der Waals surface area contributed by atoms with Crippen LogP contribution in [0, 0.1) is 19.8 Å². The molecule has 1 N–H and O–H groups in total. The SMILES string of the molecule is Cc1ccc(OC[C@H](C)NC(=O)[C@H]2CCCN(S(=O)(=O)c3ccc(C)cc3)C2)cc1. The van der Waals surface area contributed by atoms with Crippen molar-refractivity contribution in [3.63, 3.8) is 0 Å². The summed E-state index contributed by atoms with van der Waals surface area (Å²) in [5.41, 5.74) is 2.16. The summed E-state index contributed by atoms with van der Waals surface area (Å²) >= 11 is 0. The highest BCUT2D eigenvalue weighted by atomic mass is 32.2. The zero-order valence-electron chi connectivity index (χ0n) is 17.8. The van der Waals surface area contributed by atoms with Crippen LogP contribution in [0.25, 0.3) is 0 Å². The van der Waals surface area contributed by atoms with E-state index in [4.69, 9.17) is 4.74 Å². The predicted molar refractivity (Wildman–Crippen MR) is 117 cm³/mol. The fourth-order valence-corrected chi connectivity index (χ4v) is 5.02. The van der Waals surface area contributed by atoms with Gasteiger partial charge in [-0.15, -0.1) is 0 Å². The van der Waals surface area contributed by atoms with E-state index in [0.717, 1.165) is 16.9 Å². The summed E-state index contributed by atoms with van der Waals surface area (Å²) in [6.07, 6.45) is 1.34. The van der Waals surface area contributed by atoms with Crippen LogP contribution in [-0.2, 0) is 14.8 Å². The van der Waals surface area contributed by atoms with Crippen LogP contribution in [0.2, 0.25) is 0 Å². The van der Waals surface area contributed by atoms with Gasteiger partial charge < -0.3 is 10.1 Å². The van der Waals surface area contributed by atoms with Gasteiger partial charge in [0.25, 0.3) is 0 Å². The van der Waals surface area contributed by atoms with E-state index in [0.29, 0.717) is 26.0 Å². The number of aryl methyl sites for hydroxylation is 2. The van der Waals surface area contributed by atoms with Crippen LogP contribution in [0.15, 0.2) is 53.4 Å². The molecule has 7 heteroatoms. The maximum absolute atomic E-state index is 12.9. The number of hydrogen-bond donors (Lipinski definition) is 1. The van der Waals surface area contributed by atoms with E-state index in [1.807, 2.05) is 45.0 Å². The molecular formula is C23H30N2O4S. The molecule has 1 saturated heterocycles. The van der Waals surface area contributed by atoms with Crippen molar-refractivity contribution in [2.75, 3.05) is 19.7 Å². The van der Waals surface area contributed by atoms with Gasteiger partial charge in [0.2, 0.25) is 15.9 Å². The first-order valence-electron chi connectivity index (χ1n) is 10.3. The minimum atomic E-state index is -3.59. The summed E-state index contributed by atoms with van der Waals surface area (Å²) < 4.78 is 33.1. The van der Waals surface area contributed by atoms with E-state index in [-0.39, 0.29) is 29.3 Å². The molecule has 30 heavy (non-hydrogen) atoms. The van der Waals surface area contributed by atoms with Crippen LogP contribution in [0.4, 0.5) is 0 Å². The molecule has 162 valence electrons. The third-order valence-electron chi connectivity index (χ3n) is 5.32. The largest absolute Gasteiger partial charge is 0.491 e. The van der Waals surface area contributed by atoms with Gasteiger partial charge in [-0.1, -0.05) is 35.4 Å². The first kappa shape index (κ1) is 22.3. The fourth-order valence-electron chi connectivity index (χ4n) is 3.49. The van der Waals surface area contributed by atoms with E-state index in [2.05, 4.69) is 5.32 Å². The normalized spacial score (nSPS) is 18.6. The van der Waals surface area contributed by atoms with Crippen LogP contribution in [-0.4, -0.2) is 44.4 Å². The standard InChI is InChI=1S/C23H30N2O4S/c1-17-6-10-21(11-7-17)29-16-19(3)24-23(26)20-5-4-14-25(15-20)30(27,28)22-12-8-18(2)9-13-22/h6-13,19-20H,4-5,14-16H2,1-3H3,(H,24,26)/t19-,20-/m0/s1. The van der Waals surface area contributed by atoms with E-state index < -0.39 is 10.0 Å². The highest BCUT2D eigenvalue weighted by Gasteiger charge is 2.33. The lowest BCUT2D eigenvalue weighted by atomic mass is 9.98. The number of carbonyl (C=O) groups is 1. The second-order valence-corrected chi connectivity index (χ2v) is 9.99. The molecule has 2 atom stereocenters. The summed E-state index contributed by atoms with van der Waals surface area (Å²) in [7, 11) is -3.59. The lowest BCUT2D eigenvalue weighted by molar-refractivity contribution is -0.126. The number of nitrogens with zero attached hydrogens (tertiary/aromatic N) is 1. The molecule has 2 aromatic rings. The Morgan fingerprint density at radius 1 is 1.10 bits per heavy atom. The van der Waals surface area contributed by atoms with E-state index in [1.165, 1.54) is 4.31 Å². The number of benzene rings is 2. The van der Waals surface area contributed by atoms with E-state index in [1.54, 1.807) is 24.3 Å². The number of ether oxygens (including phenoxy) is 1. The molecule has 0 aliphatic carbocycles. The van der Waals surface area contributed by atoms with E-state index >= 15 is 0 Å². The van der Waals surface area contributed by atoms with Crippen molar-refractivity contribution in [1.29, 1.82) is 0 Å². The van der Waals surface area contributed by atoms with Gasteiger partial charge in [-0.25, -0.2) is 8.42 Å². The lowest BCUT2D eigenvalue weighted by Gasteiger charge is -2.31. The van der Waals surface area contributed by atoms with E-state index in [9.17, 15) is 13.2 Å². The molecular weight excluding hydrogens is 400 g/mol. The molecule has 1 fully saturated rings. The van der Waals surface area contributed by atoms with Crippen LogP contribution >= 0.6 is 0 Å². The Morgan fingerprint density at radius 2 is 1.70 bits per heavy atom. The zero-order chi connectivity index (χ0) is 21.7. The maximum Gasteiger partial charge on any atom is 0.243 e. The summed E-state index contributed by atoms with van der Waals surface area (Å²) in [6.45, 7) is 6.81. The molecule has 0 spiro atoms. The Morgan fingerprint density at radius 3 is 2.33 bits per heavy atom. The number of nitrogens with one attached hydrogen (secondary N) is 1. The minimum Gasteiger partial charge on any atom is -0.491 e. The van der Waals surface area contributed by atoms with Crippen LogP contribution < -0.4 is 10.1 Å². The maximum atomic E-state index is 12.9. The molecule has 1 heterocycles. The van der Waals surface area contributed by atoms with Gasteiger partial charge in [0.1, 0.15) is 12.4 Å². The number of amides is 1. The average Bonchev–Trinajstić information content (AvgIpc) is 2.74. The smallest absolute Gasteiger partial charge is 0.243 e. The number of piperidine rings is 1. The summed E-state index contributed by atoms with van der Waals surface area (Å²) in [4.78, 5) is 13.0. The predicted octanol–water partition coefficient (Wildman–Crippen LogP) is 3.29. The van der Waals surface area contributed by atoms with Gasteiger partial charge in [-0.05, 0) is 57.9 Å². The number of hydrogen-bond acceptors (Lipinski definition) is 4. The number of rotatable bonds is 7.